The van der Waals surface area contributed by atoms with Gasteiger partial charge < -0.3 is 19.5 Å². The smallest absolute Gasteiger partial charge is 0.338 e. The zero-order valence-corrected chi connectivity index (χ0v) is 16.5. The van der Waals surface area contributed by atoms with Gasteiger partial charge in [0.25, 0.3) is 5.91 Å². The Bertz CT molecular complexity index is 848. The van der Waals surface area contributed by atoms with Gasteiger partial charge in [-0.25, -0.2) is 9.59 Å². The molecule has 3 amide bonds. The summed E-state index contributed by atoms with van der Waals surface area (Å²) in [5, 5.41) is 4.66. The summed E-state index contributed by atoms with van der Waals surface area (Å²) >= 11 is 0. The summed E-state index contributed by atoms with van der Waals surface area (Å²) in [6, 6.07) is 15.0. The van der Waals surface area contributed by atoms with Crippen LogP contribution in [-0.4, -0.2) is 43.8 Å². The summed E-state index contributed by atoms with van der Waals surface area (Å²) in [5.41, 5.74) is 1.18. The number of benzene rings is 2. The standard InChI is InChI=1S/C22H24N2O6/c25-20(24-22(27)23-13-16-5-2-1-3-6-16)15-30-21(26)17-8-10-18(11-9-17)29-14-19-7-4-12-28-19/h1-3,5-6,8-11,19H,4,7,12-15H2,(H2,23,24,25,27)/t19-/m0/s1. The molecule has 2 N–H and O–H groups in total. The molecule has 8 nitrogen and oxygen atoms in total. The van der Waals surface area contributed by atoms with E-state index in [1.54, 1.807) is 24.3 Å². The van der Waals surface area contributed by atoms with Crippen LogP contribution in [0.1, 0.15) is 28.8 Å². The number of esters is 1. The van der Waals surface area contributed by atoms with Gasteiger partial charge in [-0.2, -0.15) is 0 Å². The van der Waals surface area contributed by atoms with E-state index in [2.05, 4.69) is 10.6 Å². The third kappa shape index (κ3) is 6.89. The fraction of sp³-hybridized carbons (Fsp3) is 0.318. The quantitative estimate of drug-likeness (QED) is 0.646. The van der Waals surface area contributed by atoms with E-state index in [0.717, 1.165) is 25.0 Å². The van der Waals surface area contributed by atoms with E-state index in [9.17, 15) is 14.4 Å². The molecule has 1 aliphatic rings. The third-order valence-electron chi connectivity index (χ3n) is 4.43. The molecule has 0 radical (unpaired) electrons. The highest BCUT2D eigenvalue weighted by Gasteiger charge is 2.16. The number of ether oxygens (including phenoxy) is 3. The van der Waals surface area contributed by atoms with Gasteiger partial charge in [0.05, 0.1) is 11.7 Å². The Balaban J connectivity index is 1.35. The molecule has 0 unspecified atom stereocenters. The lowest BCUT2D eigenvalue weighted by molar-refractivity contribution is -0.123. The maximum Gasteiger partial charge on any atom is 0.338 e. The predicted octanol–water partition coefficient (Wildman–Crippen LogP) is 2.43. The second-order valence-corrected chi connectivity index (χ2v) is 6.76. The molecular formula is C22H24N2O6. The monoisotopic (exact) mass is 412 g/mol. The topological polar surface area (TPSA) is 103 Å². The van der Waals surface area contributed by atoms with E-state index in [4.69, 9.17) is 14.2 Å². The molecule has 8 heteroatoms. The van der Waals surface area contributed by atoms with Crippen LogP contribution >= 0.6 is 0 Å². The Morgan fingerprint density at radius 2 is 1.80 bits per heavy atom. The molecule has 0 aliphatic carbocycles. The van der Waals surface area contributed by atoms with Crippen molar-refractivity contribution in [3.05, 3.63) is 65.7 Å². The summed E-state index contributed by atoms with van der Waals surface area (Å²) in [6.07, 6.45) is 2.13. The number of hydrogen-bond donors (Lipinski definition) is 2. The third-order valence-corrected chi connectivity index (χ3v) is 4.43. The molecule has 1 heterocycles. The number of amides is 3. The van der Waals surface area contributed by atoms with E-state index >= 15 is 0 Å². The minimum atomic E-state index is -0.717. The Morgan fingerprint density at radius 3 is 2.50 bits per heavy atom. The Kier molecular flexibility index (Phi) is 7.79. The number of carbonyl (C=O) groups excluding carboxylic acids is 3. The number of nitrogens with one attached hydrogen (secondary N) is 2. The molecule has 0 spiro atoms. The van der Waals surface area contributed by atoms with Crippen LogP contribution in [0.25, 0.3) is 0 Å². The van der Waals surface area contributed by atoms with Gasteiger partial charge in [0.2, 0.25) is 0 Å². The van der Waals surface area contributed by atoms with Crippen molar-refractivity contribution in [1.82, 2.24) is 10.6 Å². The van der Waals surface area contributed by atoms with E-state index in [1.807, 2.05) is 30.3 Å². The summed E-state index contributed by atoms with van der Waals surface area (Å²) in [7, 11) is 0. The molecule has 30 heavy (non-hydrogen) atoms. The SMILES string of the molecule is O=C(COC(=O)c1ccc(OC[C@@H]2CCCO2)cc1)NC(=O)NCc1ccccc1. The minimum Gasteiger partial charge on any atom is -0.491 e. The lowest BCUT2D eigenvalue weighted by atomic mass is 10.2. The lowest BCUT2D eigenvalue weighted by Gasteiger charge is -2.11. The molecule has 2 aromatic rings. The highest BCUT2D eigenvalue weighted by Crippen LogP contribution is 2.17. The molecule has 1 atom stereocenters. The Labute approximate surface area is 174 Å². The Morgan fingerprint density at radius 1 is 1.03 bits per heavy atom. The van der Waals surface area contributed by atoms with Gasteiger partial charge in [0.1, 0.15) is 12.4 Å². The molecular weight excluding hydrogens is 388 g/mol. The number of imide groups is 1. The first-order valence-corrected chi connectivity index (χ1v) is 9.73. The molecule has 3 rings (SSSR count). The summed E-state index contributed by atoms with van der Waals surface area (Å²) < 4.78 is 16.1. The largest absolute Gasteiger partial charge is 0.491 e. The van der Waals surface area contributed by atoms with Crippen molar-refractivity contribution in [2.75, 3.05) is 19.8 Å². The van der Waals surface area contributed by atoms with E-state index in [0.29, 0.717) is 12.4 Å². The molecule has 0 aromatic heterocycles. The summed E-state index contributed by atoms with van der Waals surface area (Å²) in [5.74, 6) is -0.763. The number of rotatable bonds is 8. The van der Waals surface area contributed by atoms with Crippen molar-refractivity contribution in [3.8, 4) is 5.75 Å². The molecule has 0 saturated carbocycles. The summed E-state index contributed by atoms with van der Waals surface area (Å²) in [4.78, 5) is 35.6. The fourth-order valence-corrected chi connectivity index (χ4v) is 2.85. The number of urea groups is 1. The Hall–Kier alpha value is -3.39. The van der Waals surface area contributed by atoms with Crippen molar-refractivity contribution in [3.63, 3.8) is 0 Å². The van der Waals surface area contributed by atoms with Gasteiger partial charge in [-0.05, 0) is 42.7 Å². The van der Waals surface area contributed by atoms with Crippen molar-refractivity contribution < 1.29 is 28.6 Å². The molecule has 1 aliphatic heterocycles. The maximum atomic E-state index is 12.1. The van der Waals surface area contributed by atoms with Crippen LogP contribution in [0.2, 0.25) is 0 Å². The first-order valence-electron chi connectivity index (χ1n) is 9.73. The van der Waals surface area contributed by atoms with Crippen molar-refractivity contribution >= 4 is 17.9 Å². The van der Waals surface area contributed by atoms with Gasteiger partial charge in [-0.3, -0.25) is 10.1 Å². The second-order valence-electron chi connectivity index (χ2n) is 6.76. The average molecular weight is 412 g/mol. The molecule has 2 aromatic carbocycles. The normalized spacial score (nSPS) is 15.3. The van der Waals surface area contributed by atoms with Crippen LogP contribution in [0, 0.1) is 0 Å². The van der Waals surface area contributed by atoms with E-state index in [-0.39, 0.29) is 18.2 Å². The van der Waals surface area contributed by atoms with Crippen LogP contribution in [0.3, 0.4) is 0 Å². The molecule has 1 saturated heterocycles. The van der Waals surface area contributed by atoms with Crippen LogP contribution < -0.4 is 15.4 Å². The fourth-order valence-electron chi connectivity index (χ4n) is 2.85. The van der Waals surface area contributed by atoms with Gasteiger partial charge in [0, 0.05) is 13.2 Å². The number of hydrogen-bond acceptors (Lipinski definition) is 6. The van der Waals surface area contributed by atoms with Gasteiger partial charge in [0.15, 0.2) is 6.61 Å². The van der Waals surface area contributed by atoms with Crippen molar-refractivity contribution in [2.24, 2.45) is 0 Å². The second kappa shape index (κ2) is 11.0. The molecule has 0 bridgehead atoms. The van der Waals surface area contributed by atoms with E-state index in [1.165, 1.54) is 0 Å². The van der Waals surface area contributed by atoms with Crippen molar-refractivity contribution in [2.45, 2.75) is 25.5 Å². The zero-order valence-electron chi connectivity index (χ0n) is 16.5. The maximum absolute atomic E-state index is 12.1. The average Bonchev–Trinajstić information content (AvgIpc) is 3.29. The van der Waals surface area contributed by atoms with Crippen LogP contribution in [0.15, 0.2) is 54.6 Å². The van der Waals surface area contributed by atoms with Crippen molar-refractivity contribution in [1.29, 1.82) is 0 Å². The van der Waals surface area contributed by atoms with Crippen LogP contribution in [-0.2, 0) is 20.8 Å². The number of carbonyl (C=O) groups is 3. The molecule has 1 fully saturated rings. The van der Waals surface area contributed by atoms with Crippen LogP contribution in [0.5, 0.6) is 5.75 Å². The van der Waals surface area contributed by atoms with E-state index < -0.39 is 24.5 Å². The van der Waals surface area contributed by atoms with Gasteiger partial charge in [-0.15, -0.1) is 0 Å². The minimum absolute atomic E-state index is 0.109. The van der Waals surface area contributed by atoms with Gasteiger partial charge >= 0.3 is 12.0 Å². The molecule has 158 valence electrons. The highest BCUT2D eigenvalue weighted by molar-refractivity contribution is 5.97. The first kappa shape index (κ1) is 21.3. The summed E-state index contributed by atoms with van der Waals surface area (Å²) in [6.45, 7) is 0.952. The van der Waals surface area contributed by atoms with Gasteiger partial charge in [-0.1, -0.05) is 30.3 Å². The lowest BCUT2D eigenvalue weighted by Crippen LogP contribution is -2.41. The predicted molar refractivity (Wildman–Crippen MR) is 108 cm³/mol. The first-order chi connectivity index (χ1) is 14.6. The zero-order chi connectivity index (χ0) is 21.2. The van der Waals surface area contributed by atoms with Crippen LogP contribution in [0.4, 0.5) is 4.79 Å². The highest BCUT2D eigenvalue weighted by atomic mass is 16.5.